The number of amides is 1. The minimum absolute atomic E-state index is 0.0531. The number of rotatable bonds is 5. The summed E-state index contributed by atoms with van der Waals surface area (Å²) in [6.07, 6.45) is 0.797. The van der Waals surface area contributed by atoms with Crippen LogP contribution in [0.3, 0.4) is 0 Å². The normalized spacial score (nSPS) is 12.8. The molecule has 0 bridgehead atoms. The fraction of sp³-hybridized carbons (Fsp3) is 0.636. The molecule has 5 heteroatoms. The second-order valence-electron chi connectivity index (χ2n) is 4.49. The molecular formula is C11H20N4O. The largest absolute Gasteiger partial charge is 0.330 e. The van der Waals surface area contributed by atoms with E-state index in [-0.39, 0.29) is 11.8 Å². The van der Waals surface area contributed by atoms with Crippen molar-refractivity contribution in [1.82, 2.24) is 10.2 Å². The molecule has 1 aromatic rings. The number of hydrogen-bond donors (Lipinski definition) is 3. The molecule has 0 fully saturated rings. The van der Waals surface area contributed by atoms with Crippen molar-refractivity contribution >= 4 is 11.7 Å². The minimum atomic E-state index is -0.142. The second-order valence-corrected chi connectivity index (χ2v) is 4.49. The molecule has 90 valence electrons. The van der Waals surface area contributed by atoms with Gasteiger partial charge in [0.15, 0.2) is 5.82 Å². The van der Waals surface area contributed by atoms with Crippen molar-refractivity contribution in [3.05, 3.63) is 11.8 Å². The number of hydrogen-bond acceptors (Lipinski definition) is 3. The Hall–Kier alpha value is -1.36. The molecule has 0 spiro atoms. The lowest BCUT2D eigenvalue weighted by Crippen LogP contribution is -2.30. The number of H-pyrrole nitrogens is 1. The molecule has 5 nitrogen and oxygen atoms in total. The van der Waals surface area contributed by atoms with E-state index in [9.17, 15) is 4.79 Å². The number of anilines is 1. The van der Waals surface area contributed by atoms with Gasteiger partial charge in [0.1, 0.15) is 0 Å². The molecule has 1 rings (SSSR count). The summed E-state index contributed by atoms with van der Waals surface area (Å²) in [5.41, 5.74) is 6.51. The Morgan fingerprint density at radius 3 is 2.75 bits per heavy atom. The van der Waals surface area contributed by atoms with Crippen molar-refractivity contribution < 1.29 is 4.79 Å². The van der Waals surface area contributed by atoms with Gasteiger partial charge < -0.3 is 11.1 Å². The van der Waals surface area contributed by atoms with Crippen LogP contribution in [0.15, 0.2) is 6.07 Å². The van der Waals surface area contributed by atoms with E-state index < -0.39 is 0 Å². The van der Waals surface area contributed by atoms with Crippen molar-refractivity contribution in [3.63, 3.8) is 0 Å². The summed E-state index contributed by atoms with van der Waals surface area (Å²) in [4.78, 5) is 11.8. The number of carbonyl (C=O) groups is 1. The van der Waals surface area contributed by atoms with Crippen LogP contribution in [0.2, 0.25) is 0 Å². The van der Waals surface area contributed by atoms with Crippen LogP contribution in [0.25, 0.3) is 0 Å². The van der Waals surface area contributed by atoms with E-state index in [0.717, 1.165) is 12.1 Å². The van der Waals surface area contributed by atoms with Gasteiger partial charge in [-0.2, -0.15) is 5.10 Å². The van der Waals surface area contributed by atoms with Crippen molar-refractivity contribution in [2.45, 2.75) is 27.2 Å². The van der Waals surface area contributed by atoms with E-state index in [2.05, 4.69) is 29.4 Å². The maximum absolute atomic E-state index is 11.8. The number of carbonyl (C=O) groups excluding carboxylic acids is 1. The first-order valence-electron chi connectivity index (χ1n) is 5.56. The lowest BCUT2D eigenvalue weighted by molar-refractivity contribution is -0.120. The van der Waals surface area contributed by atoms with Gasteiger partial charge in [0, 0.05) is 18.3 Å². The molecule has 1 heterocycles. The number of nitrogens with two attached hydrogens (primary N) is 1. The van der Waals surface area contributed by atoms with Crippen LogP contribution < -0.4 is 11.1 Å². The zero-order valence-corrected chi connectivity index (χ0v) is 10.1. The van der Waals surface area contributed by atoms with E-state index in [0.29, 0.717) is 18.3 Å². The van der Waals surface area contributed by atoms with E-state index in [4.69, 9.17) is 5.73 Å². The van der Waals surface area contributed by atoms with Crippen molar-refractivity contribution in [1.29, 1.82) is 0 Å². The van der Waals surface area contributed by atoms with Gasteiger partial charge in [-0.3, -0.25) is 9.89 Å². The number of aryl methyl sites for hydroxylation is 1. The van der Waals surface area contributed by atoms with Crippen molar-refractivity contribution in [3.8, 4) is 0 Å². The average Bonchev–Trinajstić information content (AvgIpc) is 2.60. The quantitative estimate of drug-likeness (QED) is 0.704. The fourth-order valence-electron chi connectivity index (χ4n) is 1.59. The molecule has 0 aliphatic heterocycles. The molecule has 0 radical (unpaired) electrons. The maximum Gasteiger partial charge on any atom is 0.229 e. The van der Waals surface area contributed by atoms with Gasteiger partial charge in [-0.25, -0.2) is 0 Å². The molecule has 1 amide bonds. The molecule has 1 aromatic heterocycles. The summed E-state index contributed by atoms with van der Waals surface area (Å²) >= 11 is 0. The number of aromatic nitrogens is 2. The standard InChI is InChI=1S/C11H20N4O/c1-7(2)4-9(6-12)11(16)13-10-5-8(3)14-15-10/h5,7,9H,4,6,12H2,1-3H3,(H2,13,14,15,16). The average molecular weight is 224 g/mol. The van der Waals surface area contributed by atoms with E-state index >= 15 is 0 Å². The molecule has 0 aliphatic carbocycles. The zero-order chi connectivity index (χ0) is 12.1. The van der Waals surface area contributed by atoms with Gasteiger partial charge in [-0.15, -0.1) is 0 Å². The van der Waals surface area contributed by atoms with Gasteiger partial charge in [0.05, 0.1) is 5.92 Å². The van der Waals surface area contributed by atoms with E-state index in [1.807, 2.05) is 6.92 Å². The first kappa shape index (κ1) is 12.7. The number of aromatic amines is 1. The van der Waals surface area contributed by atoms with E-state index in [1.165, 1.54) is 0 Å². The van der Waals surface area contributed by atoms with Crippen LogP contribution in [0.5, 0.6) is 0 Å². The molecule has 0 saturated heterocycles. The van der Waals surface area contributed by atoms with Crippen molar-refractivity contribution in [2.24, 2.45) is 17.6 Å². The lowest BCUT2D eigenvalue weighted by atomic mass is 9.96. The third-order valence-electron chi connectivity index (χ3n) is 2.37. The Morgan fingerprint density at radius 1 is 1.62 bits per heavy atom. The molecule has 0 aliphatic rings. The summed E-state index contributed by atoms with van der Waals surface area (Å²) in [6.45, 7) is 6.41. The summed E-state index contributed by atoms with van der Waals surface area (Å²) < 4.78 is 0. The Labute approximate surface area is 95.8 Å². The Balaban J connectivity index is 2.55. The first-order chi connectivity index (χ1) is 7.52. The van der Waals surface area contributed by atoms with Crippen molar-refractivity contribution in [2.75, 3.05) is 11.9 Å². The Bertz CT molecular complexity index is 346. The van der Waals surface area contributed by atoms with Gasteiger partial charge in [0.2, 0.25) is 5.91 Å². The highest BCUT2D eigenvalue weighted by molar-refractivity contribution is 5.91. The summed E-state index contributed by atoms with van der Waals surface area (Å²) in [5.74, 6) is 0.824. The minimum Gasteiger partial charge on any atom is -0.330 e. The number of nitrogens with one attached hydrogen (secondary N) is 2. The molecule has 0 saturated carbocycles. The molecule has 0 aromatic carbocycles. The second kappa shape index (κ2) is 5.65. The van der Waals surface area contributed by atoms with Crippen LogP contribution in [-0.4, -0.2) is 22.6 Å². The van der Waals surface area contributed by atoms with Gasteiger partial charge >= 0.3 is 0 Å². The summed E-state index contributed by atoms with van der Waals surface area (Å²) in [5, 5.41) is 9.49. The predicted molar refractivity (Wildman–Crippen MR) is 64.0 cm³/mol. The molecule has 1 unspecified atom stereocenters. The fourth-order valence-corrected chi connectivity index (χ4v) is 1.59. The highest BCUT2D eigenvalue weighted by Gasteiger charge is 2.18. The highest BCUT2D eigenvalue weighted by Crippen LogP contribution is 2.13. The van der Waals surface area contributed by atoms with Crippen LogP contribution in [0.4, 0.5) is 5.82 Å². The zero-order valence-electron chi connectivity index (χ0n) is 10.1. The molecule has 1 atom stereocenters. The van der Waals surface area contributed by atoms with Gasteiger partial charge in [0.25, 0.3) is 0 Å². The van der Waals surface area contributed by atoms with Crippen LogP contribution in [-0.2, 0) is 4.79 Å². The summed E-state index contributed by atoms with van der Waals surface area (Å²) in [7, 11) is 0. The van der Waals surface area contributed by atoms with E-state index in [1.54, 1.807) is 6.07 Å². The van der Waals surface area contributed by atoms with Gasteiger partial charge in [-0.05, 0) is 19.3 Å². The highest BCUT2D eigenvalue weighted by atomic mass is 16.2. The third kappa shape index (κ3) is 3.66. The molecule has 16 heavy (non-hydrogen) atoms. The Morgan fingerprint density at radius 2 is 2.31 bits per heavy atom. The lowest BCUT2D eigenvalue weighted by Gasteiger charge is -2.15. The van der Waals surface area contributed by atoms with Crippen LogP contribution in [0.1, 0.15) is 26.0 Å². The molecule has 4 N–H and O–H groups in total. The predicted octanol–water partition coefficient (Wildman–Crippen LogP) is 1.28. The van der Waals surface area contributed by atoms with Crippen LogP contribution in [0, 0.1) is 18.8 Å². The SMILES string of the molecule is Cc1cc(NC(=O)C(CN)CC(C)C)n[nH]1. The van der Waals surface area contributed by atoms with Crippen LogP contribution >= 0.6 is 0 Å². The summed E-state index contributed by atoms with van der Waals surface area (Å²) in [6, 6.07) is 1.79. The smallest absolute Gasteiger partial charge is 0.229 e. The maximum atomic E-state index is 11.8. The topological polar surface area (TPSA) is 83.8 Å². The van der Waals surface area contributed by atoms with Gasteiger partial charge in [-0.1, -0.05) is 13.8 Å². The monoisotopic (exact) mass is 224 g/mol. The molecular weight excluding hydrogens is 204 g/mol. The Kier molecular flexibility index (Phi) is 4.49. The number of nitrogens with zero attached hydrogens (tertiary/aromatic N) is 1. The third-order valence-corrected chi connectivity index (χ3v) is 2.37. The first-order valence-corrected chi connectivity index (χ1v) is 5.56.